The van der Waals surface area contributed by atoms with Crippen molar-refractivity contribution in [1.29, 1.82) is 0 Å². The number of hydrogen-bond acceptors (Lipinski definition) is 3. The zero-order chi connectivity index (χ0) is 10.1. The summed E-state index contributed by atoms with van der Waals surface area (Å²) in [7, 11) is 0. The molecule has 1 aliphatic rings. The standard InChI is InChI=1S/C10H12N2O2/c1-7-3-5-9(6-4-7)12-8(2)14-10(13)11-12/h3-6,8H,1-2H3,(H,11,13). The molecule has 2 rings (SSSR count). The molecule has 0 aliphatic carbocycles. The number of benzene rings is 1. The summed E-state index contributed by atoms with van der Waals surface area (Å²) in [5.74, 6) is 0. The molecule has 74 valence electrons. The molecule has 1 aromatic carbocycles. The van der Waals surface area contributed by atoms with Gasteiger partial charge in [0, 0.05) is 0 Å². The molecule has 0 aromatic heterocycles. The number of ether oxygens (including phenoxy) is 1. The number of hydrazine groups is 1. The van der Waals surface area contributed by atoms with Crippen LogP contribution in [0.4, 0.5) is 10.5 Å². The van der Waals surface area contributed by atoms with Gasteiger partial charge < -0.3 is 4.74 Å². The lowest BCUT2D eigenvalue weighted by Crippen LogP contribution is -2.36. The van der Waals surface area contributed by atoms with Gasteiger partial charge in [-0.25, -0.2) is 15.2 Å². The Bertz CT molecular complexity index is 348. The van der Waals surface area contributed by atoms with Crippen molar-refractivity contribution in [2.75, 3.05) is 5.01 Å². The zero-order valence-corrected chi connectivity index (χ0v) is 8.15. The van der Waals surface area contributed by atoms with E-state index in [0.717, 1.165) is 5.69 Å². The fraction of sp³-hybridized carbons (Fsp3) is 0.300. The van der Waals surface area contributed by atoms with Crippen LogP contribution >= 0.6 is 0 Å². The number of carbonyl (C=O) groups is 1. The first kappa shape index (κ1) is 8.87. The highest BCUT2D eigenvalue weighted by Gasteiger charge is 2.27. The maximum absolute atomic E-state index is 10.9. The molecule has 1 aliphatic heterocycles. The third-order valence-electron chi connectivity index (χ3n) is 2.17. The molecule has 1 saturated heterocycles. The Kier molecular flexibility index (Phi) is 2.04. The van der Waals surface area contributed by atoms with E-state index >= 15 is 0 Å². The minimum atomic E-state index is -0.405. The second-order valence-electron chi connectivity index (χ2n) is 3.32. The smallest absolute Gasteiger partial charge is 0.423 e. The number of carbonyl (C=O) groups excluding carboxylic acids is 1. The van der Waals surface area contributed by atoms with Gasteiger partial charge in [0.15, 0.2) is 6.23 Å². The second-order valence-corrected chi connectivity index (χ2v) is 3.32. The van der Waals surface area contributed by atoms with E-state index in [1.807, 2.05) is 38.1 Å². The summed E-state index contributed by atoms with van der Waals surface area (Å²) in [6, 6.07) is 7.88. The number of aryl methyl sites for hydroxylation is 1. The van der Waals surface area contributed by atoms with Gasteiger partial charge in [-0.15, -0.1) is 0 Å². The number of nitrogens with zero attached hydrogens (tertiary/aromatic N) is 1. The monoisotopic (exact) mass is 192 g/mol. The Labute approximate surface area is 82.4 Å². The van der Waals surface area contributed by atoms with Crippen LogP contribution in [0.15, 0.2) is 24.3 Å². The second kappa shape index (κ2) is 3.21. The van der Waals surface area contributed by atoms with Gasteiger partial charge in [-0.05, 0) is 26.0 Å². The van der Waals surface area contributed by atoms with Crippen LogP contribution in [0.3, 0.4) is 0 Å². The molecule has 1 heterocycles. The molecule has 1 aromatic rings. The Morgan fingerprint density at radius 3 is 2.50 bits per heavy atom. The van der Waals surface area contributed by atoms with Crippen molar-refractivity contribution in [3.63, 3.8) is 0 Å². The van der Waals surface area contributed by atoms with E-state index < -0.39 is 6.09 Å². The molecule has 14 heavy (non-hydrogen) atoms. The Morgan fingerprint density at radius 1 is 1.36 bits per heavy atom. The van der Waals surface area contributed by atoms with Crippen molar-refractivity contribution in [1.82, 2.24) is 5.43 Å². The molecule has 1 amide bonds. The van der Waals surface area contributed by atoms with Crippen molar-refractivity contribution in [2.24, 2.45) is 0 Å². The summed E-state index contributed by atoms with van der Waals surface area (Å²) in [5, 5.41) is 1.70. The van der Waals surface area contributed by atoms with Crippen LogP contribution in [0.25, 0.3) is 0 Å². The van der Waals surface area contributed by atoms with Crippen LogP contribution in [0, 0.1) is 6.92 Å². The molecule has 1 N–H and O–H groups in total. The molecule has 0 radical (unpaired) electrons. The first-order valence-corrected chi connectivity index (χ1v) is 4.50. The first-order valence-electron chi connectivity index (χ1n) is 4.50. The van der Waals surface area contributed by atoms with Gasteiger partial charge in [-0.3, -0.25) is 0 Å². The Balaban J connectivity index is 2.23. The van der Waals surface area contributed by atoms with Crippen molar-refractivity contribution in [2.45, 2.75) is 20.1 Å². The fourth-order valence-corrected chi connectivity index (χ4v) is 1.40. The topological polar surface area (TPSA) is 41.6 Å². The van der Waals surface area contributed by atoms with Crippen molar-refractivity contribution >= 4 is 11.8 Å². The molecule has 4 heteroatoms. The molecule has 0 spiro atoms. The molecular formula is C10H12N2O2. The molecular weight excluding hydrogens is 180 g/mol. The Morgan fingerprint density at radius 2 is 2.00 bits per heavy atom. The SMILES string of the molecule is Cc1ccc(N2NC(=O)OC2C)cc1. The third kappa shape index (κ3) is 1.51. The van der Waals surface area contributed by atoms with E-state index in [2.05, 4.69) is 5.43 Å². The van der Waals surface area contributed by atoms with Gasteiger partial charge in [0.05, 0.1) is 5.69 Å². The van der Waals surface area contributed by atoms with Crippen molar-refractivity contribution in [3.05, 3.63) is 29.8 Å². The van der Waals surface area contributed by atoms with Gasteiger partial charge in [0.1, 0.15) is 0 Å². The maximum atomic E-state index is 10.9. The van der Waals surface area contributed by atoms with Crippen LogP contribution in [-0.4, -0.2) is 12.3 Å². The van der Waals surface area contributed by atoms with E-state index in [9.17, 15) is 4.79 Å². The predicted octanol–water partition coefficient (Wildman–Crippen LogP) is 1.80. The largest absolute Gasteiger partial charge is 0.428 e. The van der Waals surface area contributed by atoms with Crippen LogP contribution in [0.5, 0.6) is 0 Å². The minimum Gasteiger partial charge on any atom is -0.423 e. The number of rotatable bonds is 1. The van der Waals surface area contributed by atoms with Gasteiger partial charge in [-0.2, -0.15) is 0 Å². The van der Waals surface area contributed by atoms with Crippen LogP contribution in [0.2, 0.25) is 0 Å². The quantitative estimate of drug-likeness (QED) is 0.737. The molecule has 0 saturated carbocycles. The lowest BCUT2D eigenvalue weighted by atomic mass is 10.2. The molecule has 4 nitrogen and oxygen atoms in total. The number of anilines is 1. The average Bonchev–Trinajstić information content (AvgIpc) is 2.47. The Hall–Kier alpha value is -1.71. The zero-order valence-electron chi connectivity index (χ0n) is 8.15. The lowest BCUT2D eigenvalue weighted by Gasteiger charge is -2.19. The molecule has 1 atom stereocenters. The lowest BCUT2D eigenvalue weighted by molar-refractivity contribution is 0.146. The number of nitrogens with one attached hydrogen (secondary N) is 1. The van der Waals surface area contributed by atoms with E-state index in [4.69, 9.17) is 4.74 Å². The summed E-state index contributed by atoms with van der Waals surface area (Å²) < 4.78 is 4.93. The number of hydrogen-bond donors (Lipinski definition) is 1. The van der Waals surface area contributed by atoms with Gasteiger partial charge in [0.2, 0.25) is 0 Å². The molecule has 1 fully saturated rings. The number of amides is 1. The summed E-state index contributed by atoms with van der Waals surface area (Å²) in [5.41, 5.74) is 4.72. The van der Waals surface area contributed by atoms with Crippen LogP contribution < -0.4 is 10.4 Å². The van der Waals surface area contributed by atoms with Crippen molar-refractivity contribution in [3.8, 4) is 0 Å². The van der Waals surface area contributed by atoms with E-state index in [1.54, 1.807) is 5.01 Å². The van der Waals surface area contributed by atoms with Crippen LogP contribution in [0.1, 0.15) is 12.5 Å². The first-order chi connectivity index (χ1) is 6.66. The average molecular weight is 192 g/mol. The highest BCUT2D eigenvalue weighted by Crippen LogP contribution is 2.19. The normalized spacial score (nSPS) is 20.6. The highest BCUT2D eigenvalue weighted by molar-refractivity contribution is 5.73. The fourth-order valence-electron chi connectivity index (χ4n) is 1.40. The maximum Gasteiger partial charge on any atom is 0.428 e. The summed E-state index contributed by atoms with van der Waals surface area (Å²) >= 11 is 0. The highest BCUT2D eigenvalue weighted by atomic mass is 16.6. The summed E-state index contributed by atoms with van der Waals surface area (Å²) in [4.78, 5) is 10.9. The number of cyclic esters (lactones) is 1. The van der Waals surface area contributed by atoms with E-state index in [1.165, 1.54) is 5.56 Å². The molecule has 1 unspecified atom stereocenters. The van der Waals surface area contributed by atoms with Crippen LogP contribution in [-0.2, 0) is 4.74 Å². The van der Waals surface area contributed by atoms with E-state index in [0.29, 0.717) is 0 Å². The summed E-state index contributed by atoms with van der Waals surface area (Å²) in [6.45, 7) is 3.84. The van der Waals surface area contributed by atoms with Gasteiger partial charge in [-0.1, -0.05) is 17.7 Å². The van der Waals surface area contributed by atoms with Gasteiger partial charge in [0.25, 0.3) is 0 Å². The van der Waals surface area contributed by atoms with E-state index in [-0.39, 0.29) is 6.23 Å². The summed E-state index contributed by atoms with van der Waals surface area (Å²) in [6.07, 6.45) is -0.664. The van der Waals surface area contributed by atoms with Crippen molar-refractivity contribution < 1.29 is 9.53 Å². The molecule has 0 bridgehead atoms. The predicted molar refractivity (Wildman–Crippen MR) is 52.7 cm³/mol. The third-order valence-corrected chi connectivity index (χ3v) is 2.17. The van der Waals surface area contributed by atoms with Gasteiger partial charge >= 0.3 is 6.09 Å². The minimum absolute atomic E-state index is 0.259.